The summed E-state index contributed by atoms with van der Waals surface area (Å²) in [5.74, 6) is 0.656. The molecule has 1 aromatic heterocycles. The van der Waals surface area contributed by atoms with Crippen molar-refractivity contribution in [1.29, 1.82) is 5.26 Å². The Hall–Kier alpha value is -3.06. The van der Waals surface area contributed by atoms with E-state index in [1.54, 1.807) is 4.90 Å². The number of benzene rings is 1. The number of nitriles is 1. The fraction of sp³-hybridized carbons (Fsp3) is 0.533. The van der Waals surface area contributed by atoms with Gasteiger partial charge in [-0.2, -0.15) is 15.2 Å². The first-order chi connectivity index (χ1) is 19.6. The number of nitrogens with zero attached hydrogens (tertiary/aromatic N) is 7. The summed E-state index contributed by atoms with van der Waals surface area (Å²) in [7, 11) is 4.16. The van der Waals surface area contributed by atoms with Crippen molar-refractivity contribution in [1.82, 2.24) is 19.8 Å². The summed E-state index contributed by atoms with van der Waals surface area (Å²) in [6.07, 6.45) is 4.47. The number of piperazine rings is 1. The van der Waals surface area contributed by atoms with E-state index in [2.05, 4.69) is 48.4 Å². The summed E-state index contributed by atoms with van der Waals surface area (Å²) >= 11 is 13.2. The van der Waals surface area contributed by atoms with Gasteiger partial charge in [0, 0.05) is 43.2 Å². The van der Waals surface area contributed by atoms with Gasteiger partial charge in [-0.05, 0) is 58.5 Å². The lowest BCUT2D eigenvalue weighted by molar-refractivity contribution is -0.128. The molecule has 218 valence electrons. The number of halogens is 2. The van der Waals surface area contributed by atoms with Crippen LogP contribution in [0, 0.1) is 16.7 Å². The van der Waals surface area contributed by atoms with Gasteiger partial charge >= 0.3 is 6.01 Å². The highest BCUT2D eigenvalue weighted by Crippen LogP contribution is 2.46. The van der Waals surface area contributed by atoms with Gasteiger partial charge in [0.25, 0.3) is 0 Å². The van der Waals surface area contributed by atoms with Gasteiger partial charge in [-0.1, -0.05) is 35.8 Å². The van der Waals surface area contributed by atoms with Crippen LogP contribution >= 0.6 is 23.2 Å². The van der Waals surface area contributed by atoms with Crippen LogP contribution in [0.3, 0.4) is 0 Å². The zero-order valence-electron chi connectivity index (χ0n) is 23.9. The van der Waals surface area contributed by atoms with Crippen molar-refractivity contribution < 1.29 is 9.53 Å². The zero-order chi connectivity index (χ0) is 29.3. The number of ether oxygens (including phenoxy) is 1. The molecule has 2 aromatic rings. The van der Waals surface area contributed by atoms with Crippen LogP contribution < -0.4 is 14.5 Å². The summed E-state index contributed by atoms with van der Waals surface area (Å²) in [5.41, 5.74) is 2.85. The number of aromatic nitrogens is 2. The van der Waals surface area contributed by atoms with Crippen LogP contribution in [0.1, 0.15) is 37.4 Å². The molecule has 41 heavy (non-hydrogen) atoms. The van der Waals surface area contributed by atoms with Crippen LogP contribution in [0.5, 0.6) is 6.01 Å². The van der Waals surface area contributed by atoms with Crippen molar-refractivity contribution in [3.63, 3.8) is 0 Å². The molecular weight excluding hydrogens is 561 g/mol. The number of hydrogen-bond acceptors (Lipinski definition) is 8. The number of anilines is 2. The second kappa shape index (κ2) is 12.0. The number of carbonyl (C=O) groups is 1. The molecule has 9 nitrogen and oxygen atoms in total. The minimum absolute atomic E-state index is 0.0855. The van der Waals surface area contributed by atoms with E-state index in [0.29, 0.717) is 55.3 Å². The molecule has 3 heterocycles. The monoisotopic (exact) mass is 597 g/mol. The number of amides is 1. The number of rotatable bonds is 9. The van der Waals surface area contributed by atoms with Crippen LogP contribution in [0.2, 0.25) is 10.0 Å². The summed E-state index contributed by atoms with van der Waals surface area (Å²) in [4.78, 5) is 30.7. The van der Waals surface area contributed by atoms with Crippen LogP contribution in [0.25, 0.3) is 0 Å². The molecule has 0 spiro atoms. The van der Waals surface area contributed by atoms with Crippen LogP contribution in [-0.2, 0) is 17.8 Å². The largest absolute Gasteiger partial charge is 0.463 e. The zero-order valence-corrected chi connectivity index (χ0v) is 25.5. The van der Waals surface area contributed by atoms with Gasteiger partial charge in [0.1, 0.15) is 5.82 Å². The summed E-state index contributed by atoms with van der Waals surface area (Å²) < 4.78 is 6.32. The first kappa shape index (κ1) is 29.4. The quantitative estimate of drug-likeness (QED) is 0.388. The molecule has 0 N–H and O–H groups in total. The lowest BCUT2D eigenvalue weighted by Crippen LogP contribution is -2.55. The summed E-state index contributed by atoms with van der Waals surface area (Å²) in [6, 6.07) is 7.97. The number of carbonyl (C=O) groups excluding carboxylic acids is 1. The van der Waals surface area contributed by atoms with E-state index in [1.807, 2.05) is 18.2 Å². The molecule has 0 unspecified atom stereocenters. The fourth-order valence-corrected chi connectivity index (χ4v) is 6.71. The smallest absolute Gasteiger partial charge is 0.318 e. The van der Waals surface area contributed by atoms with Crippen LogP contribution in [0.15, 0.2) is 30.9 Å². The first-order valence-electron chi connectivity index (χ1n) is 14.1. The molecule has 1 amide bonds. The Kier molecular flexibility index (Phi) is 8.65. The van der Waals surface area contributed by atoms with E-state index in [-0.39, 0.29) is 29.8 Å². The summed E-state index contributed by atoms with van der Waals surface area (Å²) in [5, 5.41) is 10.7. The van der Waals surface area contributed by atoms with E-state index >= 15 is 0 Å². The molecular formula is C30H37Cl2N7O2. The molecule has 11 heteroatoms. The third-order valence-corrected chi connectivity index (χ3v) is 8.92. The minimum Gasteiger partial charge on any atom is -0.463 e. The maximum Gasteiger partial charge on any atom is 0.318 e. The molecule has 3 aliphatic rings. The molecule has 1 saturated carbocycles. The molecule has 2 atom stereocenters. The minimum atomic E-state index is -0.261. The fourth-order valence-electron chi connectivity index (χ4n) is 6.10. The highest BCUT2D eigenvalue weighted by molar-refractivity contribution is 6.39. The van der Waals surface area contributed by atoms with Crippen molar-refractivity contribution in [2.75, 3.05) is 56.7 Å². The first-order valence-corrected chi connectivity index (χ1v) is 14.8. The topological polar surface area (TPSA) is 88.8 Å². The SMILES string of the molecule is C=CC(=O)N1CCN(c2nc(OCC3(CN(C)C)CC3)nc3c2C[C@@H](C)N(c2c(Cl)cccc2Cl)C3)C[C@@H]1CC#N. The molecule has 0 bridgehead atoms. The van der Waals surface area contributed by atoms with Crippen molar-refractivity contribution in [3.8, 4) is 12.1 Å². The molecule has 1 aromatic carbocycles. The highest BCUT2D eigenvalue weighted by Gasteiger charge is 2.44. The molecule has 1 aliphatic carbocycles. The Balaban J connectivity index is 1.50. The maximum atomic E-state index is 12.5. The van der Waals surface area contributed by atoms with Crippen molar-refractivity contribution >= 4 is 40.6 Å². The van der Waals surface area contributed by atoms with E-state index in [1.165, 1.54) is 6.08 Å². The normalized spacial score (nSPS) is 21.3. The predicted molar refractivity (Wildman–Crippen MR) is 162 cm³/mol. The van der Waals surface area contributed by atoms with Gasteiger partial charge in [0.05, 0.1) is 53.1 Å². The Morgan fingerprint density at radius 3 is 2.63 bits per heavy atom. The Bertz CT molecular complexity index is 1340. The van der Waals surface area contributed by atoms with Gasteiger partial charge < -0.3 is 24.3 Å². The lowest BCUT2D eigenvalue weighted by Gasteiger charge is -2.43. The number of fused-ring (bicyclic) bond motifs is 1. The standard InChI is InChI=1S/C30H37Cl2N7O2/c1-5-26(40)38-14-13-37(16-21(38)9-12-33)28-22-15-20(2)39(27-23(31)7-6-8-24(27)32)17-25(22)34-29(35-28)41-19-30(10-11-30)18-36(3)4/h5-8,20-21H,1,9-11,13-19H2,2-4H3/t20-,21+/m1/s1. The molecule has 0 radical (unpaired) electrons. The van der Waals surface area contributed by atoms with Gasteiger partial charge in [0.2, 0.25) is 5.91 Å². The Labute approximate surface area is 252 Å². The average Bonchev–Trinajstić information content (AvgIpc) is 3.70. The van der Waals surface area contributed by atoms with Crippen molar-refractivity contribution in [3.05, 3.63) is 52.2 Å². The van der Waals surface area contributed by atoms with Gasteiger partial charge in [-0.15, -0.1) is 0 Å². The van der Waals surface area contributed by atoms with Gasteiger partial charge in [-0.25, -0.2) is 0 Å². The molecule has 1 saturated heterocycles. The summed E-state index contributed by atoms with van der Waals surface area (Å²) in [6.45, 7) is 9.37. The van der Waals surface area contributed by atoms with E-state index < -0.39 is 0 Å². The highest BCUT2D eigenvalue weighted by atomic mass is 35.5. The second-order valence-electron chi connectivity index (χ2n) is 11.7. The number of para-hydroxylation sites is 1. The van der Waals surface area contributed by atoms with Crippen LogP contribution in [-0.4, -0.2) is 84.6 Å². The van der Waals surface area contributed by atoms with E-state index in [4.69, 9.17) is 37.9 Å². The third-order valence-electron chi connectivity index (χ3n) is 8.31. The van der Waals surface area contributed by atoms with E-state index in [0.717, 1.165) is 42.1 Å². The van der Waals surface area contributed by atoms with Gasteiger partial charge in [-0.3, -0.25) is 4.79 Å². The lowest BCUT2D eigenvalue weighted by atomic mass is 9.97. The molecule has 2 fully saturated rings. The van der Waals surface area contributed by atoms with Crippen molar-refractivity contribution in [2.24, 2.45) is 5.41 Å². The predicted octanol–water partition coefficient (Wildman–Crippen LogP) is 4.57. The molecule has 2 aliphatic heterocycles. The number of hydrogen-bond donors (Lipinski definition) is 0. The Morgan fingerprint density at radius 1 is 1.27 bits per heavy atom. The third kappa shape index (κ3) is 6.25. The van der Waals surface area contributed by atoms with Crippen molar-refractivity contribution in [2.45, 2.75) is 51.2 Å². The molecule has 5 rings (SSSR count). The average molecular weight is 599 g/mol. The maximum absolute atomic E-state index is 12.5. The van der Waals surface area contributed by atoms with E-state index in [9.17, 15) is 10.1 Å². The Morgan fingerprint density at radius 2 is 2.00 bits per heavy atom. The van der Waals surface area contributed by atoms with Crippen LogP contribution in [0.4, 0.5) is 11.5 Å². The second-order valence-corrected chi connectivity index (χ2v) is 12.5. The van der Waals surface area contributed by atoms with Gasteiger partial charge in [0.15, 0.2) is 0 Å².